The van der Waals surface area contributed by atoms with Crippen LogP contribution in [0.1, 0.15) is 69.8 Å². The molecule has 0 radical (unpaired) electrons. The molecule has 6 nitrogen and oxygen atoms in total. The van der Waals surface area contributed by atoms with Crippen molar-refractivity contribution in [3.63, 3.8) is 0 Å². The van der Waals surface area contributed by atoms with E-state index in [0.29, 0.717) is 33.2 Å². The monoisotopic (exact) mass is 544 g/mol. The molecule has 0 aliphatic carbocycles. The number of thiazole rings is 1. The van der Waals surface area contributed by atoms with E-state index in [9.17, 15) is 9.18 Å². The Morgan fingerprint density at radius 1 is 1.26 bits per heavy atom. The van der Waals surface area contributed by atoms with E-state index in [-0.39, 0.29) is 18.3 Å². The van der Waals surface area contributed by atoms with Gasteiger partial charge in [0.25, 0.3) is 5.91 Å². The second kappa shape index (κ2) is 17.5. The van der Waals surface area contributed by atoms with Crippen LogP contribution in [0.25, 0.3) is 11.3 Å². The molecule has 2 N–H and O–H groups in total. The lowest BCUT2D eigenvalue weighted by Crippen LogP contribution is -2.41. The first-order chi connectivity index (χ1) is 18.2. The number of halogens is 1. The number of methoxy groups -OCH3 is 1. The van der Waals surface area contributed by atoms with Gasteiger partial charge in [0.1, 0.15) is 5.82 Å². The summed E-state index contributed by atoms with van der Waals surface area (Å²) in [7, 11) is 3.40. The number of carbonyl (C=O) groups excluding carboxylic acids is 1. The Balaban J connectivity index is 0.000000696. The SMILES string of the molecule is C=C(Nc1nc(-c2cccc(C)c2F)cs1)C(COC)NC(=O)c1ccn(C)c1.CC.CCCCC(C)C. The van der Waals surface area contributed by atoms with Crippen molar-refractivity contribution in [1.82, 2.24) is 14.9 Å². The van der Waals surface area contributed by atoms with Gasteiger partial charge in [-0.25, -0.2) is 9.37 Å². The van der Waals surface area contributed by atoms with Crippen molar-refractivity contribution in [2.24, 2.45) is 13.0 Å². The molecule has 0 fully saturated rings. The summed E-state index contributed by atoms with van der Waals surface area (Å²) in [6, 6.07) is 6.49. The van der Waals surface area contributed by atoms with Gasteiger partial charge in [0.15, 0.2) is 5.13 Å². The summed E-state index contributed by atoms with van der Waals surface area (Å²) < 4.78 is 21.4. The first kappa shape index (κ1) is 33.1. The molecule has 3 rings (SSSR count). The second-order valence-electron chi connectivity index (χ2n) is 9.21. The van der Waals surface area contributed by atoms with Crippen LogP contribution in [-0.2, 0) is 11.8 Å². The van der Waals surface area contributed by atoms with Crippen LogP contribution in [0, 0.1) is 18.7 Å². The summed E-state index contributed by atoms with van der Waals surface area (Å²) in [5.41, 5.74) is 2.64. The third-order valence-electron chi connectivity index (χ3n) is 5.53. The van der Waals surface area contributed by atoms with E-state index in [1.807, 2.05) is 20.9 Å². The van der Waals surface area contributed by atoms with Crippen molar-refractivity contribution >= 4 is 22.4 Å². The van der Waals surface area contributed by atoms with E-state index in [4.69, 9.17) is 4.74 Å². The molecule has 0 bridgehead atoms. The van der Waals surface area contributed by atoms with Crippen LogP contribution in [0.2, 0.25) is 0 Å². The largest absolute Gasteiger partial charge is 0.382 e. The third kappa shape index (κ3) is 10.8. The average molecular weight is 545 g/mol. The molecule has 1 aromatic carbocycles. The standard InChI is InChI=1S/C21H23FN4O2S.C7H16.C2H6/c1-13-6-5-7-16(19(13)22)18-12-29-21(25-18)23-14(2)17(11-28-4)24-20(27)15-8-9-26(3)10-15;1-4-5-6-7(2)3;1-2/h5-10,12,17H,2,11H2,1,3-4H3,(H,23,25)(H,24,27);7H,4-6H2,1-3H3;1-2H3. The summed E-state index contributed by atoms with van der Waals surface area (Å²) in [4.78, 5) is 16.9. The van der Waals surface area contributed by atoms with Crippen LogP contribution < -0.4 is 10.6 Å². The quantitative estimate of drug-likeness (QED) is 0.258. The smallest absolute Gasteiger partial charge is 0.253 e. The van der Waals surface area contributed by atoms with Gasteiger partial charge in [-0.2, -0.15) is 0 Å². The number of hydrogen-bond donors (Lipinski definition) is 2. The average Bonchev–Trinajstić information content (AvgIpc) is 3.54. The van der Waals surface area contributed by atoms with Gasteiger partial charge in [0, 0.05) is 43.2 Å². The van der Waals surface area contributed by atoms with Gasteiger partial charge < -0.3 is 19.9 Å². The Kier molecular flexibility index (Phi) is 15.2. The molecule has 210 valence electrons. The highest BCUT2D eigenvalue weighted by Gasteiger charge is 2.19. The van der Waals surface area contributed by atoms with Gasteiger partial charge in [-0.15, -0.1) is 11.3 Å². The number of unbranched alkanes of at least 4 members (excludes halogenated alkanes) is 1. The molecule has 0 saturated heterocycles. The summed E-state index contributed by atoms with van der Waals surface area (Å²) in [5, 5.41) is 8.34. The van der Waals surface area contributed by atoms with Gasteiger partial charge in [-0.05, 0) is 30.5 Å². The van der Waals surface area contributed by atoms with E-state index in [2.05, 4.69) is 43.0 Å². The number of ether oxygens (including phenoxy) is 1. The molecule has 2 aromatic heterocycles. The molecule has 1 amide bonds. The number of nitrogens with zero attached hydrogens (tertiary/aromatic N) is 2. The van der Waals surface area contributed by atoms with E-state index in [0.717, 1.165) is 5.92 Å². The highest BCUT2D eigenvalue weighted by atomic mass is 32.1. The Morgan fingerprint density at radius 2 is 1.97 bits per heavy atom. The maximum absolute atomic E-state index is 14.4. The molecular formula is C30H45FN4O2S. The van der Waals surface area contributed by atoms with Crippen LogP contribution >= 0.6 is 11.3 Å². The maximum atomic E-state index is 14.4. The Hall–Kier alpha value is -2.97. The minimum Gasteiger partial charge on any atom is -0.382 e. The highest BCUT2D eigenvalue weighted by Crippen LogP contribution is 2.29. The van der Waals surface area contributed by atoms with Gasteiger partial charge >= 0.3 is 0 Å². The second-order valence-corrected chi connectivity index (χ2v) is 10.1. The van der Waals surface area contributed by atoms with Crippen molar-refractivity contribution in [2.45, 2.75) is 66.8 Å². The van der Waals surface area contributed by atoms with Crippen LogP contribution in [0.3, 0.4) is 0 Å². The molecule has 2 heterocycles. The minimum absolute atomic E-state index is 0.225. The normalized spacial score (nSPS) is 11.1. The van der Waals surface area contributed by atoms with Gasteiger partial charge in [0.05, 0.1) is 23.9 Å². The number of aromatic nitrogens is 2. The molecule has 8 heteroatoms. The van der Waals surface area contributed by atoms with Gasteiger partial charge in [-0.1, -0.05) is 72.6 Å². The van der Waals surface area contributed by atoms with Crippen molar-refractivity contribution in [3.8, 4) is 11.3 Å². The van der Waals surface area contributed by atoms with Crippen LogP contribution in [0.15, 0.2) is 54.3 Å². The zero-order valence-electron chi connectivity index (χ0n) is 24.2. The first-order valence-corrected chi connectivity index (χ1v) is 14.1. The highest BCUT2D eigenvalue weighted by molar-refractivity contribution is 7.14. The molecule has 0 spiro atoms. The molecular weight excluding hydrogens is 499 g/mol. The molecule has 1 unspecified atom stereocenters. The predicted molar refractivity (Wildman–Crippen MR) is 159 cm³/mol. The fourth-order valence-corrected chi connectivity index (χ4v) is 4.16. The van der Waals surface area contributed by atoms with Gasteiger partial charge in [-0.3, -0.25) is 4.79 Å². The number of aryl methyl sites for hydroxylation is 2. The van der Waals surface area contributed by atoms with Crippen molar-refractivity contribution in [2.75, 3.05) is 19.0 Å². The summed E-state index contributed by atoms with van der Waals surface area (Å²) in [5.74, 6) is 0.396. The van der Waals surface area contributed by atoms with Crippen LogP contribution in [0.5, 0.6) is 0 Å². The summed E-state index contributed by atoms with van der Waals surface area (Å²) in [6.07, 6.45) is 7.68. The first-order valence-electron chi connectivity index (χ1n) is 13.2. The predicted octanol–water partition coefficient (Wildman–Crippen LogP) is 7.83. The fourth-order valence-electron chi connectivity index (χ4n) is 3.41. The summed E-state index contributed by atoms with van der Waals surface area (Å²) >= 11 is 1.33. The Morgan fingerprint density at radius 3 is 2.53 bits per heavy atom. The molecule has 3 aromatic rings. The molecule has 0 aliphatic rings. The number of amides is 1. The zero-order valence-corrected chi connectivity index (χ0v) is 25.0. The summed E-state index contributed by atoms with van der Waals surface area (Å²) in [6.45, 7) is 16.8. The molecule has 1 atom stereocenters. The number of anilines is 1. The minimum atomic E-state index is -0.462. The lowest BCUT2D eigenvalue weighted by molar-refractivity contribution is 0.0912. The fraction of sp³-hybridized carbons (Fsp3) is 0.467. The number of rotatable bonds is 11. The van der Waals surface area contributed by atoms with Crippen molar-refractivity contribution < 1.29 is 13.9 Å². The maximum Gasteiger partial charge on any atom is 0.253 e. The molecule has 0 saturated carbocycles. The van der Waals surface area contributed by atoms with Crippen molar-refractivity contribution in [1.29, 1.82) is 0 Å². The lowest BCUT2D eigenvalue weighted by atomic mass is 10.1. The van der Waals surface area contributed by atoms with E-state index in [1.165, 1.54) is 30.6 Å². The molecule has 0 aliphatic heterocycles. The topological polar surface area (TPSA) is 68.2 Å². The number of nitrogens with one attached hydrogen (secondary N) is 2. The number of benzene rings is 1. The van der Waals surface area contributed by atoms with Crippen LogP contribution in [-0.4, -0.2) is 35.2 Å². The third-order valence-corrected chi connectivity index (χ3v) is 6.29. The van der Waals surface area contributed by atoms with E-state index >= 15 is 0 Å². The van der Waals surface area contributed by atoms with Crippen LogP contribution in [0.4, 0.5) is 9.52 Å². The van der Waals surface area contributed by atoms with E-state index in [1.54, 1.807) is 60.6 Å². The Labute approximate surface area is 232 Å². The lowest BCUT2D eigenvalue weighted by Gasteiger charge is -2.20. The van der Waals surface area contributed by atoms with Gasteiger partial charge in [0.2, 0.25) is 0 Å². The molecule has 38 heavy (non-hydrogen) atoms. The number of carbonyl (C=O) groups is 1. The van der Waals surface area contributed by atoms with Crippen molar-refractivity contribution in [3.05, 3.63) is 71.3 Å². The van der Waals surface area contributed by atoms with E-state index < -0.39 is 6.04 Å². The Bertz CT molecular complexity index is 1120. The number of hydrogen-bond acceptors (Lipinski definition) is 5. The zero-order chi connectivity index (χ0) is 28.7.